The number of carboxylic acids is 1. The van der Waals surface area contributed by atoms with E-state index in [-0.39, 0.29) is 17.2 Å². The molecular weight excluding hydrogens is 326 g/mol. The Morgan fingerprint density at radius 3 is 2.75 bits per heavy atom. The lowest BCUT2D eigenvalue weighted by Gasteiger charge is -2.18. The number of thiol groups is 1. The van der Waals surface area contributed by atoms with Gasteiger partial charge in [-0.3, -0.25) is 14.8 Å². The summed E-state index contributed by atoms with van der Waals surface area (Å²) in [5.41, 5.74) is 1.94. The molecule has 2 atom stereocenters. The summed E-state index contributed by atoms with van der Waals surface area (Å²) >= 11 is 3.94. The van der Waals surface area contributed by atoms with Crippen LogP contribution in [-0.4, -0.2) is 46.2 Å². The van der Waals surface area contributed by atoms with Gasteiger partial charge in [0.2, 0.25) is 0 Å². The van der Waals surface area contributed by atoms with Gasteiger partial charge < -0.3 is 10.4 Å². The molecule has 1 amide bonds. The van der Waals surface area contributed by atoms with Crippen molar-refractivity contribution in [2.24, 2.45) is 15.9 Å². The number of carbonyl (C=O) groups is 2. The molecule has 0 fully saturated rings. The molecule has 0 saturated heterocycles. The minimum atomic E-state index is -1.11. The lowest BCUT2D eigenvalue weighted by Crippen LogP contribution is -2.42. The lowest BCUT2D eigenvalue weighted by atomic mass is 9.89. The summed E-state index contributed by atoms with van der Waals surface area (Å²) < 4.78 is 0. The van der Waals surface area contributed by atoms with Gasteiger partial charge in [0.05, 0.1) is 11.3 Å². The summed E-state index contributed by atoms with van der Waals surface area (Å²) in [5.74, 6) is -1.66. The van der Waals surface area contributed by atoms with E-state index in [1.807, 2.05) is 26.8 Å². The average molecular weight is 347 g/mol. The number of allylic oxidation sites excluding steroid dienone is 3. The molecule has 2 aliphatic rings. The van der Waals surface area contributed by atoms with E-state index in [0.29, 0.717) is 5.57 Å². The van der Waals surface area contributed by atoms with Crippen LogP contribution in [0.2, 0.25) is 0 Å². The first-order valence-corrected chi connectivity index (χ1v) is 8.22. The SMILES string of the molecule is CC(C)(C)/N=C\C1=NC=C2C=CC(C(=O)NC(CS)C(=O)O)=CC21. The van der Waals surface area contributed by atoms with Crippen molar-refractivity contribution in [1.29, 1.82) is 0 Å². The molecular formula is C17H21N3O3S. The molecule has 1 heterocycles. The number of carbonyl (C=O) groups excluding carboxylic acids is 1. The van der Waals surface area contributed by atoms with Gasteiger partial charge in [0.25, 0.3) is 5.91 Å². The molecule has 0 aromatic heterocycles. The molecule has 24 heavy (non-hydrogen) atoms. The summed E-state index contributed by atoms with van der Waals surface area (Å²) in [4.78, 5) is 32.1. The third kappa shape index (κ3) is 4.44. The van der Waals surface area contributed by atoms with Crippen molar-refractivity contribution in [1.82, 2.24) is 5.32 Å². The summed E-state index contributed by atoms with van der Waals surface area (Å²) in [6, 6.07) is -1.02. The fourth-order valence-electron chi connectivity index (χ4n) is 2.18. The Hall–Kier alpha value is -2.15. The van der Waals surface area contributed by atoms with Gasteiger partial charge in [-0.1, -0.05) is 12.2 Å². The number of nitrogens with one attached hydrogen (secondary N) is 1. The highest BCUT2D eigenvalue weighted by Crippen LogP contribution is 2.28. The minimum absolute atomic E-state index is 0.0254. The number of aliphatic imine (C=N–C) groups is 2. The molecule has 2 N–H and O–H groups in total. The molecule has 0 aromatic carbocycles. The van der Waals surface area contributed by atoms with Crippen molar-refractivity contribution in [2.45, 2.75) is 32.4 Å². The van der Waals surface area contributed by atoms with Gasteiger partial charge in [-0.15, -0.1) is 0 Å². The highest BCUT2D eigenvalue weighted by atomic mass is 32.1. The van der Waals surface area contributed by atoms with E-state index in [1.54, 1.807) is 24.6 Å². The first-order chi connectivity index (χ1) is 11.2. The molecule has 2 rings (SSSR count). The van der Waals surface area contributed by atoms with Crippen LogP contribution < -0.4 is 5.32 Å². The zero-order chi connectivity index (χ0) is 17.9. The maximum Gasteiger partial charge on any atom is 0.327 e. The zero-order valence-corrected chi connectivity index (χ0v) is 14.7. The van der Waals surface area contributed by atoms with Gasteiger partial charge >= 0.3 is 5.97 Å². The zero-order valence-electron chi connectivity index (χ0n) is 13.9. The van der Waals surface area contributed by atoms with Crippen molar-refractivity contribution >= 4 is 36.4 Å². The number of rotatable bonds is 5. The van der Waals surface area contributed by atoms with Gasteiger partial charge in [0.15, 0.2) is 0 Å². The van der Waals surface area contributed by atoms with Crippen molar-refractivity contribution in [3.63, 3.8) is 0 Å². The molecule has 2 unspecified atom stereocenters. The minimum Gasteiger partial charge on any atom is -0.480 e. The average Bonchev–Trinajstić information content (AvgIpc) is 2.91. The molecule has 1 aliphatic heterocycles. The predicted octanol–water partition coefficient (Wildman–Crippen LogP) is 1.81. The Balaban J connectivity index is 2.14. The Bertz CT molecular complexity index is 696. The van der Waals surface area contributed by atoms with Crippen LogP contribution in [0.1, 0.15) is 20.8 Å². The Morgan fingerprint density at radius 1 is 1.46 bits per heavy atom. The smallest absolute Gasteiger partial charge is 0.327 e. The van der Waals surface area contributed by atoms with Crippen LogP contribution in [0, 0.1) is 5.92 Å². The van der Waals surface area contributed by atoms with Gasteiger partial charge in [0.1, 0.15) is 6.04 Å². The standard InChI is InChI=1S/C17H21N3O3S/c1-17(2,3)19-8-13-12-6-10(4-5-11(12)7-18-13)15(21)20-14(9-24)16(22)23/h4-8,12,14,24H,9H2,1-3H3,(H,20,21)(H,22,23)/b19-8-. The molecule has 7 heteroatoms. The number of aliphatic carboxylic acids is 1. The molecule has 0 bridgehead atoms. The van der Waals surface area contributed by atoms with Crippen LogP contribution in [0.15, 0.2) is 45.6 Å². The van der Waals surface area contributed by atoms with Gasteiger partial charge in [-0.2, -0.15) is 12.6 Å². The third-order valence-corrected chi connectivity index (χ3v) is 3.84. The van der Waals surface area contributed by atoms with E-state index in [9.17, 15) is 9.59 Å². The maximum absolute atomic E-state index is 12.3. The first-order valence-electron chi connectivity index (χ1n) is 7.58. The van der Waals surface area contributed by atoms with Crippen molar-refractivity contribution in [3.8, 4) is 0 Å². The number of nitrogens with zero attached hydrogens (tertiary/aromatic N) is 2. The van der Waals surface area contributed by atoms with Crippen LogP contribution in [-0.2, 0) is 9.59 Å². The van der Waals surface area contributed by atoms with Crippen molar-refractivity contribution < 1.29 is 14.7 Å². The van der Waals surface area contributed by atoms with E-state index in [2.05, 4.69) is 27.9 Å². The normalized spacial score (nSPS) is 21.0. The molecule has 1 aliphatic carbocycles. The van der Waals surface area contributed by atoms with Crippen molar-refractivity contribution in [3.05, 3.63) is 35.6 Å². The van der Waals surface area contributed by atoms with E-state index in [4.69, 9.17) is 5.11 Å². The van der Waals surface area contributed by atoms with Crippen LogP contribution in [0.25, 0.3) is 0 Å². The van der Waals surface area contributed by atoms with Crippen LogP contribution in [0.5, 0.6) is 0 Å². The second kappa shape index (κ2) is 7.17. The summed E-state index contributed by atoms with van der Waals surface area (Å²) in [5, 5.41) is 11.5. The monoisotopic (exact) mass is 347 g/mol. The fraction of sp³-hybridized carbons (Fsp3) is 0.412. The number of hydrogen-bond donors (Lipinski definition) is 3. The van der Waals surface area contributed by atoms with Crippen LogP contribution in [0.3, 0.4) is 0 Å². The number of amides is 1. The van der Waals surface area contributed by atoms with E-state index < -0.39 is 17.9 Å². The topological polar surface area (TPSA) is 91.1 Å². The number of fused-ring (bicyclic) bond motifs is 1. The Morgan fingerprint density at radius 2 is 2.17 bits per heavy atom. The first kappa shape index (κ1) is 18.2. The number of carboxylic acid groups (broad SMARTS) is 1. The Labute approximate surface area is 146 Å². The highest BCUT2D eigenvalue weighted by Gasteiger charge is 2.27. The molecule has 0 saturated carbocycles. The fourth-order valence-corrected chi connectivity index (χ4v) is 2.43. The lowest BCUT2D eigenvalue weighted by molar-refractivity contribution is -0.140. The highest BCUT2D eigenvalue weighted by molar-refractivity contribution is 7.80. The summed E-state index contributed by atoms with van der Waals surface area (Å²) in [6.07, 6.45) is 8.74. The molecule has 0 aromatic rings. The van der Waals surface area contributed by atoms with Crippen molar-refractivity contribution in [2.75, 3.05) is 5.75 Å². The molecule has 6 nitrogen and oxygen atoms in total. The van der Waals surface area contributed by atoms with Gasteiger partial charge in [-0.25, -0.2) is 4.79 Å². The maximum atomic E-state index is 12.3. The van der Waals surface area contributed by atoms with Crippen LogP contribution >= 0.6 is 12.6 Å². The predicted molar refractivity (Wildman–Crippen MR) is 97.9 cm³/mol. The van der Waals surface area contributed by atoms with E-state index >= 15 is 0 Å². The van der Waals surface area contributed by atoms with Gasteiger partial charge in [-0.05, 0) is 32.4 Å². The van der Waals surface area contributed by atoms with E-state index in [0.717, 1.165) is 11.3 Å². The third-order valence-electron chi connectivity index (χ3n) is 3.47. The molecule has 0 spiro atoms. The molecule has 128 valence electrons. The summed E-state index contributed by atoms with van der Waals surface area (Å²) in [6.45, 7) is 5.98. The summed E-state index contributed by atoms with van der Waals surface area (Å²) in [7, 11) is 0. The second-order valence-electron chi connectivity index (χ2n) is 6.59. The largest absolute Gasteiger partial charge is 0.480 e. The number of hydrogen-bond acceptors (Lipinski definition) is 5. The quantitative estimate of drug-likeness (QED) is 0.523. The second-order valence-corrected chi connectivity index (χ2v) is 6.96. The van der Waals surface area contributed by atoms with Gasteiger partial charge in [0, 0.05) is 29.7 Å². The molecule has 0 radical (unpaired) electrons. The van der Waals surface area contributed by atoms with E-state index in [1.165, 1.54) is 0 Å². The van der Waals surface area contributed by atoms with Crippen LogP contribution in [0.4, 0.5) is 0 Å². The Kier molecular flexibility index (Phi) is 5.43.